The summed E-state index contributed by atoms with van der Waals surface area (Å²) in [6.45, 7) is 4.64. The van der Waals surface area contributed by atoms with Crippen molar-refractivity contribution in [3.05, 3.63) is 59.4 Å². The highest BCUT2D eigenvalue weighted by Gasteiger charge is 2.21. The molecule has 1 amide bonds. The smallest absolute Gasteiger partial charge is 0.312 e. The van der Waals surface area contributed by atoms with Crippen LogP contribution in [0.15, 0.2) is 42.5 Å². The van der Waals surface area contributed by atoms with Crippen molar-refractivity contribution < 1.29 is 28.6 Å². The Labute approximate surface area is 163 Å². The van der Waals surface area contributed by atoms with Gasteiger partial charge in [0.15, 0.2) is 11.5 Å². The van der Waals surface area contributed by atoms with Gasteiger partial charge in [-0.1, -0.05) is 19.1 Å². The largest absolute Gasteiger partial charge is 0.490 e. The lowest BCUT2D eigenvalue weighted by molar-refractivity contribution is -0.138. The molecule has 0 aliphatic carbocycles. The Morgan fingerprint density at radius 2 is 1.79 bits per heavy atom. The zero-order valence-electron chi connectivity index (χ0n) is 15.9. The monoisotopic (exact) mass is 389 g/mol. The number of halogens is 1. The highest BCUT2D eigenvalue weighted by atomic mass is 19.1. The number of hydrogen-bond donors (Lipinski definition) is 2. The van der Waals surface area contributed by atoms with Crippen molar-refractivity contribution in [2.45, 2.75) is 26.2 Å². The van der Waals surface area contributed by atoms with E-state index in [-0.39, 0.29) is 6.54 Å². The van der Waals surface area contributed by atoms with Gasteiger partial charge in [-0.25, -0.2) is 4.39 Å². The molecular formula is C21H24FNO5. The van der Waals surface area contributed by atoms with Crippen LogP contribution in [0.5, 0.6) is 11.5 Å². The van der Waals surface area contributed by atoms with E-state index in [4.69, 9.17) is 9.47 Å². The maximum absolute atomic E-state index is 13.1. The minimum atomic E-state index is -1.11. The number of carbonyl (C=O) groups is 2. The predicted octanol–water partition coefficient (Wildman–Crippen LogP) is 3.61. The van der Waals surface area contributed by atoms with Crippen molar-refractivity contribution in [3.63, 3.8) is 0 Å². The standard InChI is InChI=1S/C21H24FNO5/c1-3-11-28-18-10-7-15(12-19(18)27-4-2)20(24)23-13-17(21(25)26)14-5-8-16(22)9-6-14/h5-10,12,17H,3-4,11,13H2,1-2H3,(H,23,24)(H,25,26). The van der Waals surface area contributed by atoms with Crippen LogP contribution in [0.4, 0.5) is 4.39 Å². The molecule has 0 bridgehead atoms. The third-order valence-corrected chi connectivity index (χ3v) is 4.00. The zero-order valence-corrected chi connectivity index (χ0v) is 15.9. The Morgan fingerprint density at radius 3 is 2.39 bits per heavy atom. The highest BCUT2D eigenvalue weighted by molar-refractivity contribution is 5.95. The summed E-state index contributed by atoms with van der Waals surface area (Å²) in [4.78, 5) is 24.0. The van der Waals surface area contributed by atoms with Crippen molar-refractivity contribution in [2.24, 2.45) is 0 Å². The number of nitrogens with one attached hydrogen (secondary N) is 1. The van der Waals surface area contributed by atoms with Crippen molar-refractivity contribution in [3.8, 4) is 11.5 Å². The van der Waals surface area contributed by atoms with E-state index >= 15 is 0 Å². The van der Waals surface area contributed by atoms with Gasteiger partial charge in [-0.2, -0.15) is 0 Å². The lowest BCUT2D eigenvalue weighted by Gasteiger charge is -2.15. The van der Waals surface area contributed by atoms with Crippen LogP contribution in [0, 0.1) is 5.82 Å². The molecule has 150 valence electrons. The maximum atomic E-state index is 13.1. The summed E-state index contributed by atoms with van der Waals surface area (Å²) >= 11 is 0. The molecule has 0 heterocycles. The zero-order chi connectivity index (χ0) is 20.5. The Balaban J connectivity index is 2.11. The fraction of sp³-hybridized carbons (Fsp3) is 0.333. The van der Waals surface area contributed by atoms with E-state index in [0.29, 0.717) is 35.8 Å². The molecule has 0 aliphatic rings. The van der Waals surface area contributed by atoms with Crippen molar-refractivity contribution in [1.29, 1.82) is 0 Å². The molecule has 0 saturated heterocycles. The van der Waals surface area contributed by atoms with E-state index in [0.717, 1.165) is 6.42 Å². The molecule has 1 unspecified atom stereocenters. The van der Waals surface area contributed by atoms with Crippen LogP contribution in [0.3, 0.4) is 0 Å². The molecule has 28 heavy (non-hydrogen) atoms. The molecule has 0 radical (unpaired) electrons. The van der Waals surface area contributed by atoms with Crippen LogP contribution in [0.25, 0.3) is 0 Å². The summed E-state index contributed by atoms with van der Waals surface area (Å²) in [7, 11) is 0. The first kappa shape index (κ1) is 21.2. The number of amides is 1. The van der Waals surface area contributed by atoms with Crippen molar-refractivity contribution >= 4 is 11.9 Å². The number of aliphatic carboxylic acids is 1. The topological polar surface area (TPSA) is 84.9 Å². The van der Waals surface area contributed by atoms with Crippen LogP contribution >= 0.6 is 0 Å². The molecule has 2 aromatic carbocycles. The Kier molecular flexibility index (Phi) is 7.80. The van der Waals surface area contributed by atoms with Crippen LogP contribution in [-0.2, 0) is 4.79 Å². The average Bonchev–Trinajstić information content (AvgIpc) is 2.68. The minimum Gasteiger partial charge on any atom is -0.490 e. The molecule has 2 aromatic rings. The van der Waals surface area contributed by atoms with Crippen LogP contribution < -0.4 is 14.8 Å². The SMILES string of the molecule is CCCOc1ccc(C(=O)NCC(C(=O)O)c2ccc(F)cc2)cc1OCC. The lowest BCUT2D eigenvalue weighted by atomic mass is 9.99. The third kappa shape index (κ3) is 5.70. The van der Waals surface area contributed by atoms with E-state index in [9.17, 15) is 19.1 Å². The van der Waals surface area contributed by atoms with Gasteiger partial charge in [0, 0.05) is 12.1 Å². The number of rotatable bonds is 10. The first-order valence-corrected chi connectivity index (χ1v) is 9.12. The van der Waals surface area contributed by atoms with E-state index in [1.807, 2.05) is 13.8 Å². The van der Waals surface area contributed by atoms with Gasteiger partial charge < -0.3 is 19.9 Å². The molecule has 0 fully saturated rings. The van der Waals surface area contributed by atoms with E-state index < -0.39 is 23.6 Å². The fourth-order valence-electron chi connectivity index (χ4n) is 2.59. The molecule has 0 aliphatic heterocycles. The van der Waals surface area contributed by atoms with E-state index in [2.05, 4.69) is 5.32 Å². The number of carbonyl (C=O) groups excluding carboxylic acids is 1. The van der Waals surface area contributed by atoms with Gasteiger partial charge in [0.1, 0.15) is 5.82 Å². The van der Waals surface area contributed by atoms with Gasteiger partial charge >= 0.3 is 5.97 Å². The Morgan fingerprint density at radius 1 is 1.07 bits per heavy atom. The van der Waals surface area contributed by atoms with Gasteiger partial charge in [0.05, 0.1) is 19.1 Å². The highest BCUT2D eigenvalue weighted by Crippen LogP contribution is 2.28. The van der Waals surface area contributed by atoms with Gasteiger partial charge in [-0.05, 0) is 49.2 Å². The summed E-state index contributed by atoms with van der Waals surface area (Å²) in [5, 5.41) is 12.0. The number of carboxylic acids is 1. The van der Waals surface area contributed by atoms with Crippen LogP contribution in [-0.4, -0.2) is 36.7 Å². The second-order valence-electron chi connectivity index (χ2n) is 6.10. The summed E-state index contributed by atoms with van der Waals surface area (Å²) < 4.78 is 24.2. The molecule has 0 aromatic heterocycles. The average molecular weight is 389 g/mol. The van der Waals surface area contributed by atoms with Gasteiger partial charge in [0.2, 0.25) is 0 Å². The fourth-order valence-corrected chi connectivity index (χ4v) is 2.59. The number of hydrogen-bond acceptors (Lipinski definition) is 4. The second kappa shape index (κ2) is 10.3. The molecule has 0 spiro atoms. The molecule has 6 nitrogen and oxygen atoms in total. The molecule has 2 rings (SSSR count). The van der Waals surface area contributed by atoms with Crippen LogP contribution in [0.1, 0.15) is 42.1 Å². The first-order chi connectivity index (χ1) is 13.5. The van der Waals surface area contributed by atoms with Gasteiger partial charge in [0.25, 0.3) is 5.91 Å². The number of ether oxygens (including phenoxy) is 2. The maximum Gasteiger partial charge on any atom is 0.312 e. The molecule has 1 atom stereocenters. The Bertz CT molecular complexity index is 807. The minimum absolute atomic E-state index is 0.127. The third-order valence-electron chi connectivity index (χ3n) is 4.00. The summed E-state index contributed by atoms with van der Waals surface area (Å²) in [5.74, 6) is -1.97. The van der Waals surface area contributed by atoms with E-state index in [1.165, 1.54) is 24.3 Å². The Hall–Kier alpha value is -3.09. The van der Waals surface area contributed by atoms with Crippen LogP contribution in [0.2, 0.25) is 0 Å². The first-order valence-electron chi connectivity index (χ1n) is 9.12. The predicted molar refractivity (Wildman–Crippen MR) is 103 cm³/mol. The number of carboxylic acid groups (broad SMARTS) is 1. The van der Waals surface area contributed by atoms with Gasteiger partial charge in [-0.3, -0.25) is 9.59 Å². The molecule has 7 heteroatoms. The summed E-state index contributed by atoms with van der Waals surface area (Å²) in [5.41, 5.74) is 0.739. The quantitative estimate of drug-likeness (QED) is 0.648. The lowest BCUT2D eigenvalue weighted by Crippen LogP contribution is -2.31. The van der Waals surface area contributed by atoms with Gasteiger partial charge in [-0.15, -0.1) is 0 Å². The molecular weight excluding hydrogens is 365 g/mol. The van der Waals surface area contributed by atoms with Crippen molar-refractivity contribution in [1.82, 2.24) is 5.32 Å². The normalized spacial score (nSPS) is 11.5. The van der Waals surface area contributed by atoms with E-state index in [1.54, 1.807) is 18.2 Å². The second-order valence-corrected chi connectivity index (χ2v) is 6.10. The molecule has 2 N–H and O–H groups in total. The molecule has 0 saturated carbocycles. The number of benzene rings is 2. The summed E-state index contributed by atoms with van der Waals surface area (Å²) in [6, 6.07) is 9.99. The summed E-state index contributed by atoms with van der Waals surface area (Å²) in [6.07, 6.45) is 0.841. The van der Waals surface area contributed by atoms with Crippen molar-refractivity contribution in [2.75, 3.05) is 19.8 Å².